The molecule has 1 aromatic carbocycles. The Labute approximate surface area is 137 Å². The third kappa shape index (κ3) is 3.01. The lowest BCUT2D eigenvalue weighted by Gasteiger charge is -2.21. The summed E-state index contributed by atoms with van der Waals surface area (Å²) in [6, 6.07) is 6.06. The third-order valence-electron chi connectivity index (χ3n) is 4.37. The van der Waals surface area contributed by atoms with Crippen molar-refractivity contribution in [2.75, 3.05) is 19.6 Å². The van der Waals surface area contributed by atoms with Gasteiger partial charge in [0.1, 0.15) is 0 Å². The van der Waals surface area contributed by atoms with Crippen LogP contribution in [0.5, 0.6) is 0 Å². The van der Waals surface area contributed by atoms with Gasteiger partial charge < -0.3 is 10.7 Å². The zero-order chi connectivity index (χ0) is 16.6. The molecule has 1 saturated heterocycles. The first-order valence-electron chi connectivity index (χ1n) is 7.99. The predicted octanol–water partition coefficient (Wildman–Crippen LogP) is 1.44. The highest BCUT2D eigenvalue weighted by atomic mass is 32.2. The summed E-state index contributed by atoms with van der Waals surface area (Å²) in [5.41, 5.74) is 8.90. The molecule has 23 heavy (non-hydrogen) atoms. The number of rotatable bonds is 5. The first-order valence-corrected chi connectivity index (χ1v) is 9.39. The van der Waals surface area contributed by atoms with Crippen LogP contribution in [0.3, 0.4) is 0 Å². The lowest BCUT2D eigenvalue weighted by Crippen LogP contribution is -2.36. The van der Waals surface area contributed by atoms with E-state index in [1.165, 1.54) is 5.56 Å². The van der Waals surface area contributed by atoms with E-state index < -0.39 is 10.2 Å². The summed E-state index contributed by atoms with van der Waals surface area (Å²) < 4.78 is 28.2. The SMILES string of the molecule is CC(C)N1CCN(Cc2ccc3[nH]cc(CCN)c3c2)S1(=O)=O. The Morgan fingerprint density at radius 2 is 2.09 bits per heavy atom. The largest absolute Gasteiger partial charge is 0.361 e. The molecule has 1 aliphatic heterocycles. The fourth-order valence-electron chi connectivity index (χ4n) is 3.16. The van der Waals surface area contributed by atoms with E-state index in [2.05, 4.69) is 11.1 Å². The maximum Gasteiger partial charge on any atom is 0.282 e. The predicted molar refractivity (Wildman–Crippen MR) is 92.2 cm³/mol. The number of fused-ring (bicyclic) bond motifs is 1. The van der Waals surface area contributed by atoms with Gasteiger partial charge in [-0.15, -0.1) is 0 Å². The standard InChI is InChI=1S/C16H24N4O2S/c1-12(2)20-8-7-19(23(20,21)22)11-13-3-4-16-15(9-13)14(5-6-17)10-18-16/h3-4,9-10,12,18H,5-8,11,17H2,1-2H3. The number of aromatic amines is 1. The maximum absolute atomic E-state index is 12.6. The van der Waals surface area contributed by atoms with Crippen molar-refractivity contribution in [3.05, 3.63) is 35.5 Å². The van der Waals surface area contributed by atoms with Crippen LogP contribution in [0.25, 0.3) is 10.9 Å². The Morgan fingerprint density at radius 1 is 1.30 bits per heavy atom. The van der Waals surface area contributed by atoms with Crippen LogP contribution in [-0.2, 0) is 23.2 Å². The highest BCUT2D eigenvalue weighted by molar-refractivity contribution is 7.87. The third-order valence-corrected chi connectivity index (χ3v) is 6.53. The molecule has 0 atom stereocenters. The minimum Gasteiger partial charge on any atom is -0.361 e. The summed E-state index contributed by atoms with van der Waals surface area (Å²) in [6.45, 7) is 5.93. The molecule has 2 aromatic rings. The molecule has 0 bridgehead atoms. The molecule has 1 aliphatic rings. The van der Waals surface area contributed by atoms with Gasteiger partial charge in [0.15, 0.2) is 0 Å². The molecule has 2 heterocycles. The second-order valence-corrected chi connectivity index (χ2v) is 8.16. The van der Waals surface area contributed by atoms with E-state index in [0.717, 1.165) is 22.9 Å². The number of hydrogen-bond donors (Lipinski definition) is 2. The van der Waals surface area contributed by atoms with Gasteiger partial charge in [0.05, 0.1) is 0 Å². The topological polar surface area (TPSA) is 82.4 Å². The van der Waals surface area contributed by atoms with E-state index in [4.69, 9.17) is 5.73 Å². The smallest absolute Gasteiger partial charge is 0.282 e. The van der Waals surface area contributed by atoms with Gasteiger partial charge in [-0.3, -0.25) is 0 Å². The Morgan fingerprint density at radius 3 is 2.74 bits per heavy atom. The molecule has 7 heteroatoms. The number of nitrogens with two attached hydrogens (primary N) is 1. The first kappa shape index (κ1) is 16.4. The van der Waals surface area contributed by atoms with E-state index in [0.29, 0.717) is 26.2 Å². The maximum atomic E-state index is 12.6. The summed E-state index contributed by atoms with van der Waals surface area (Å²) in [7, 11) is -3.35. The summed E-state index contributed by atoms with van der Waals surface area (Å²) in [4.78, 5) is 3.24. The van der Waals surface area contributed by atoms with Gasteiger partial charge in [0, 0.05) is 42.8 Å². The minimum absolute atomic E-state index is 0.00619. The van der Waals surface area contributed by atoms with Gasteiger partial charge in [-0.05, 0) is 50.1 Å². The average Bonchev–Trinajstić information content (AvgIpc) is 3.01. The Balaban J connectivity index is 1.86. The van der Waals surface area contributed by atoms with Gasteiger partial charge in [-0.1, -0.05) is 6.07 Å². The molecule has 3 N–H and O–H groups in total. The van der Waals surface area contributed by atoms with Crippen molar-refractivity contribution < 1.29 is 8.42 Å². The highest BCUT2D eigenvalue weighted by Crippen LogP contribution is 2.25. The van der Waals surface area contributed by atoms with Gasteiger partial charge >= 0.3 is 0 Å². The van der Waals surface area contributed by atoms with Crippen LogP contribution >= 0.6 is 0 Å². The molecule has 0 aliphatic carbocycles. The second-order valence-electron chi connectivity index (χ2n) is 6.28. The van der Waals surface area contributed by atoms with Crippen molar-refractivity contribution >= 4 is 21.1 Å². The molecular formula is C16H24N4O2S. The van der Waals surface area contributed by atoms with Crippen molar-refractivity contribution in [3.63, 3.8) is 0 Å². The van der Waals surface area contributed by atoms with E-state index >= 15 is 0 Å². The number of nitrogens with one attached hydrogen (secondary N) is 1. The molecule has 0 amide bonds. The summed E-state index contributed by atoms with van der Waals surface area (Å²) in [5.74, 6) is 0. The molecule has 126 valence electrons. The molecule has 0 unspecified atom stereocenters. The molecular weight excluding hydrogens is 312 g/mol. The fourth-order valence-corrected chi connectivity index (χ4v) is 4.93. The number of benzene rings is 1. The summed E-state index contributed by atoms with van der Waals surface area (Å²) in [5, 5.41) is 1.13. The van der Waals surface area contributed by atoms with Crippen LogP contribution in [-0.4, -0.2) is 47.7 Å². The summed E-state index contributed by atoms with van der Waals surface area (Å²) in [6.07, 6.45) is 2.79. The van der Waals surface area contributed by atoms with Crippen molar-refractivity contribution in [1.82, 2.24) is 13.6 Å². The molecule has 0 spiro atoms. The Bertz CT molecular complexity index is 798. The van der Waals surface area contributed by atoms with Crippen LogP contribution < -0.4 is 5.73 Å². The number of H-pyrrole nitrogens is 1. The monoisotopic (exact) mass is 336 g/mol. The zero-order valence-corrected chi connectivity index (χ0v) is 14.4. The molecule has 3 rings (SSSR count). The summed E-state index contributed by atoms with van der Waals surface area (Å²) >= 11 is 0. The fraction of sp³-hybridized carbons (Fsp3) is 0.500. The van der Waals surface area contributed by atoms with Crippen LogP contribution in [0.4, 0.5) is 0 Å². The highest BCUT2D eigenvalue weighted by Gasteiger charge is 2.37. The van der Waals surface area contributed by atoms with Crippen molar-refractivity contribution in [3.8, 4) is 0 Å². The number of nitrogens with zero attached hydrogens (tertiary/aromatic N) is 2. The van der Waals surface area contributed by atoms with Crippen molar-refractivity contribution in [2.24, 2.45) is 5.73 Å². The number of hydrogen-bond acceptors (Lipinski definition) is 3. The van der Waals surface area contributed by atoms with Crippen LogP contribution in [0, 0.1) is 0 Å². The Hall–Kier alpha value is -1.41. The van der Waals surface area contributed by atoms with Crippen molar-refractivity contribution in [1.29, 1.82) is 0 Å². The van der Waals surface area contributed by atoms with E-state index in [-0.39, 0.29) is 6.04 Å². The molecule has 6 nitrogen and oxygen atoms in total. The van der Waals surface area contributed by atoms with E-state index in [1.807, 2.05) is 32.2 Å². The lowest BCUT2D eigenvalue weighted by molar-refractivity contribution is 0.387. The van der Waals surface area contributed by atoms with Crippen LogP contribution in [0.2, 0.25) is 0 Å². The van der Waals surface area contributed by atoms with Gasteiger partial charge in [0.2, 0.25) is 0 Å². The normalized spacial score (nSPS) is 19.1. The molecule has 1 fully saturated rings. The van der Waals surface area contributed by atoms with E-state index in [1.54, 1.807) is 8.61 Å². The molecule has 1 aromatic heterocycles. The quantitative estimate of drug-likeness (QED) is 0.867. The van der Waals surface area contributed by atoms with Gasteiger partial charge in [-0.25, -0.2) is 0 Å². The van der Waals surface area contributed by atoms with Gasteiger partial charge in [-0.2, -0.15) is 17.0 Å². The van der Waals surface area contributed by atoms with E-state index in [9.17, 15) is 8.42 Å². The average molecular weight is 336 g/mol. The second kappa shape index (κ2) is 6.24. The van der Waals surface area contributed by atoms with Crippen molar-refractivity contribution in [2.45, 2.75) is 32.9 Å². The number of aromatic nitrogens is 1. The zero-order valence-electron chi connectivity index (χ0n) is 13.6. The minimum atomic E-state index is -3.35. The lowest BCUT2D eigenvalue weighted by atomic mass is 10.1. The first-order chi connectivity index (χ1) is 10.9. The molecule has 0 saturated carbocycles. The van der Waals surface area contributed by atoms with Crippen LogP contribution in [0.15, 0.2) is 24.4 Å². The van der Waals surface area contributed by atoms with Gasteiger partial charge in [0.25, 0.3) is 10.2 Å². The molecule has 0 radical (unpaired) electrons. The Kier molecular flexibility index (Phi) is 4.46. The van der Waals surface area contributed by atoms with Crippen LogP contribution in [0.1, 0.15) is 25.0 Å².